The van der Waals surface area contributed by atoms with Gasteiger partial charge in [0.2, 0.25) is 5.91 Å². The predicted molar refractivity (Wildman–Crippen MR) is 92.7 cm³/mol. The van der Waals surface area contributed by atoms with Crippen LogP contribution in [0.5, 0.6) is 0 Å². The highest BCUT2D eigenvalue weighted by molar-refractivity contribution is 5.90. The third-order valence-electron chi connectivity index (χ3n) is 4.49. The Hall–Kier alpha value is -1.55. The van der Waals surface area contributed by atoms with Crippen LogP contribution >= 0.6 is 0 Å². The molecule has 0 bridgehead atoms. The molecule has 1 aliphatic heterocycles. The lowest BCUT2D eigenvalue weighted by atomic mass is 10.2. The van der Waals surface area contributed by atoms with Crippen molar-refractivity contribution in [3.8, 4) is 0 Å². The van der Waals surface area contributed by atoms with Crippen LogP contribution in [0.3, 0.4) is 0 Å². The monoisotopic (exact) mass is 304 g/mol. The van der Waals surface area contributed by atoms with E-state index in [1.807, 2.05) is 12.1 Å². The van der Waals surface area contributed by atoms with Crippen LogP contribution in [0.15, 0.2) is 24.3 Å². The molecular weight excluding hydrogens is 274 g/mol. The van der Waals surface area contributed by atoms with E-state index in [4.69, 9.17) is 0 Å². The number of amides is 1. The minimum absolute atomic E-state index is 0.126. The molecule has 0 radical (unpaired) electrons. The van der Waals surface area contributed by atoms with Gasteiger partial charge in [0, 0.05) is 17.8 Å². The molecule has 2 rings (SSSR count). The quantitative estimate of drug-likeness (QED) is 0.755. The van der Waals surface area contributed by atoms with Crippen molar-refractivity contribution < 1.29 is 9.69 Å². The van der Waals surface area contributed by atoms with E-state index in [9.17, 15) is 4.79 Å². The molecule has 4 nitrogen and oxygen atoms in total. The smallest absolute Gasteiger partial charge is 0.224 e. The van der Waals surface area contributed by atoms with Gasteiger partial charge >= 0.3 is 0 Å². The summed E-state index contributed by atoms with van der Waals surface area (Å²) in [6.45, 7) is 10.3. The van der Waals surface area contributed by atoms with Crippen LogP contribution in [0, 0.1) is 0 Å². The Kier molecular flexibility index (Phi) is 6.72. The molecule has 0 atom stereocenters. The number of nitrogens with zero attached hydrogens (tertiary/aromatic N) is 1. The Morgan fingerprint density at radius 2 is 1.82 bits per heavy atom. The fraction of sp³-hybridized carbons (Fsp3) is 0.611. The van der Waals surface area contributed by atoms with Crippen LogP contribution in [0.1, 0.15) is 39.5 Å². The first-order valence-electron chi connectivity index (χ1n) is 8.71. The first kappa shape index (κ1) is 16.8. The lowest BCUT2D eigenvalue weighted by Gasteiger charge is -2.33. The van der Waals surface area contributed by atoms with Gasteiger partial charge in [0.15, 0.2) is 0 Å². The third-order valence-corrected chi connectivity index (χ3v) is 4.49. The summed E-state index contributed by atoms with van der Waals surface area (Å²) in [5, 5.41) is 2.99. The number of anilines is 2. The number of hydrogen-bond donors (Lipinski definition) is 2. The summed E-state index contributed by atoms with van der Waals surface area (Å²) in [6, 6.07) is 8.29. The number of carbonyl (C=O) groups is 1. The molecule has 0 aliphatic carbocycles. The number of benzene rings is 1. The fourth-order valence-corrected chi connectivity index (χ4v) is 2.95. The second-order valence-electron chi connectivity index (χ2n) is 6.14. The van der Waals surface area contributed by atoms with Crippen LogP contribution in [-0.2, 0) is 4.79 Å². The number of likely N-dealkylation sites (N-methyl/N-ethyl adjacent to an activating group) is 1. The maximum atomic E-state index is 11.8. The third kappa shape index (κ3) is 5.02. The van der Waals surface area contributed by atoms with Crippen molar-refractivity contribution in [2.75, 3.05) is 42.9 Å². The van der Waals surface area contributed by atoms with Crippen LogP contribution in [0.4, 0.5) is 11.4 Å². The molecule has 1 heterocycles. The molecular formula is C18H30N3O+. The van der Waals surface area contributed by atoms with Crippen molar-refractivity contribution in [3.63, 3.8) is 0 Å². The van der Waals surface area contributed by atoms with Crippen molar-refractivity contribution in [1.29, 1.82) is 0 Å². The van der Waals surface area contributed by atoms with Crippen molar-refractivity contribution in [2.45, 2.75) is 39.5 Å². The number of unbranched alkanes of at least 4 members (excludes halogenated alkanes) is 2. The molecule has 1 saturated heterocycles. The largest absolute Gasteiger partial charge is 0.360 e. The molecule has 2 N–H and O–H groups in total. The molecule has 1 aliphatic rings. The summed E-state index contributed by atoms with van der Waals surface area (Å²) >= 11 is 0. The van der Waals surface area contributed by atoms with Gasteiger partial charge in [0.25, 0.3) is 0 Å². The van der Waals surface area contributed by atoms with Gasteiger partial charge < -0.3 is 15.1 Å². The number of quaternary nitrogens is 1. The topological polar surface area (TPSA) is 36.8 Å². The molecule has 0 saturated carbocycles. The van der Waals surface area contributed by atoms with Gasteiger partial charge in [-0.05, 0) is 37.6 Å². The van der Waals surface area contributed by atoms with Gasteiger partial charge in [-0.15, -0.1) is 0 Å². The normalized spacial score (nSPS) is 15.8. The lowest BCUT2D eigenvalue weighted by molar-refractivity contribution is -0.898. The first-order chi connectivity index (χ1) is 10.7. The zero-order valence-corrected chi connectivity index (χ0v) is 14.0. The Labute approximate surface area is 134 Å². The van der Waals surface area contributed by atoms with E-state index in [1.165, 1.54) is 25.3 Å². The van der Waals surface area contributed by atoms with E-state index in [-0.39, 0.29) is 5.91 Å². The molecule has 0 spiro atoms. The summed E-state index contributed by atoms with van der Waals surface area (Å²) in [4.78, 5) is 15.9. The van der Waals surface area contributed by atoms with Crippen LogP contribution in [0.2, 0.25) is 0 Å². The Bertz CT molecular complexity index is 450. The number of piperazine rings is 1. The second-order valence-corrected chi connectivity index (χ2v) is 6.14. The van der Waals surface area contributed by atoms with Crippen LogP contribution in [-0.4, -0.2) is 38.6 Å². The van der Waals surface area contributed by atoms with Crippen LogP contribution < -0.4 is 15.1 Å². The molecule has 22 heavy (non-hydrogen) atoms. The van der Waals surface area contributed by atoms with Crippen molar-refractivity contribution in [2.24, 2.45) is 0 Å². The molecule has 1 aromatic carbocycles. The molecule has 1 aromatic rings. The van der Waals surface area contributed by atoms with Gasteiger partial charge in [-0.1, -0.05) is 19.8 Å². The minimum atomic E-state index is 0.126. The predicted octanol–water partition coefficient (Wildman–Crippen LogP) is 1.93. The Morgan fingerprint density at radius 1 is 1.14 bits per heavy atom. The average molecular weight is 304 g/mol. The Morgan fingerprint density at radius 3 is 2.41 bits per heavy atom. The molecule has 122 valence electrons. The van der Waals surface area contributed by atoms with Gasteiger partial charge in [-0.2, -0.15) is 0 Å². The molecule has 0 unspecified atom stereocenters. The highest BCUT2D eigenvalue weighted by atomic mass is 16.1. The zero-order chi connectivity index (χ0) is 15.8. The maximum absolute atomic E-state index is 11.8. The van der Waals surface area contributed by atoms with Gasteiger partial charge in [-0.25, -0.2) is 0 Å². The summed E-state index contributed by atoms with van der Waals surface area (Å²) < 4.78 is 0. The van der Waals surface area contributed by atoms with Crippen molar-refractivity contribution in [3.05, 3.63) is 24.3 Å². The van der Waals surface area contributed by atoms with E-state index in [1.54, 1.807) is 4.90 Å². The standard InChI is InChI=1S/C18H29N3O/c1-3-5-6-7-18(22)19-16-8-10-17(11-9-16)21-14-12-20(4-2)13-15-21/h8-11H,3-7,12-15H2,1-2H3,(H,19,22)/p+1. The summed E-state index contributed by atoms with van der Waals surface area (Å²) in [6.07, 6.45) is 3.87. The minimum Gasteiger partial charge on any atom is -0.360 e. The highest BCUT2D eigenvalue weighted by Gasteiger charge is 2.18. The average Bonchev–Trinajstić information content (AvgIpc) is 2.56. The van der Waals surface area contributed by atoms with Crippen LogP contribution in [0.25, 0.3) is 0 Å². The van der Waals surface area contributed by atoms with Gasteiger partial charge in [-0.3, -0.25) is 4.79 Å². The van der Waals surface area contributed by atoms with E-state index in [2.05, 4.69) is 36.2 Å². The number of rotatable bonds is 7. The van der Waals surface area contributed by atoms with Crippen molar-refractivity contribution >= 4 is 17.3 Å². The fourth-order valence-electron chi connectivity index (χ4n) is 2.95. The first-order valence-corrected chi connectivity index (χ1v) is 8.71. The molecule has 4 heteroatoms. The van der Waals surface area contributed by atoms with Crippen molar-refractivity contribution in [1.82, 2.24) is 0 Å². The summed E-state index contributed by atoms with van der Waals surface area (Å²) in [7, 11) is 0. The Balaban J connectivity index is 1.81. The lowest BCUT2D eigenvalue weighted by Crippen LogP contribution is -3.14. The van der Waals surface area contributed by atoms with Gasteiger partial charge in [0.1, 0.15) is 0 Å². The van der Waals surface area contributed by atoms with E-state index < -0.39 is 0 Å². The second kappa shape index (κ2) is 8.79. The number of hydrogen-bond acceptors (Lipinski definition) is 2. The van der Waals surface area contributed by atoms with Gasteiger partial charge in [0.05, 0.1) is 32.7 Å². The highest BCUT2D eigenvalue weighted by Crippen LogP contribution is 2.18. The molecule has 0 aromatic heterocycles. The van der Waals surface area contributed by atoms with E-state index in [0.717, 1.165) is 38.0 Å². The number of nitrogens with one attached hydrogen (secondary N) is 2. The maximum Gasteiger partial charge on any atom is 0.224 e. The summed E-state index contributed by atoms with van der Waals surface area (Å²) in [5.41, 5.74) is 2.17. The molecule has 1 amide bonds. The van der Waals surface area contributed by atoms with E-state index >= 15 is 0 Å². The SMILES string of the molecule is CCCCCC(=O)Nc1ccc(N2CC[NH+](CC)CC2)cc1. The molecule has 1 fully saturated rings. The number of carbonyl (C=O) groups excluding carboxylic acids is 1. The van der Waals surface area contributed by atoms with E-state index in [0.29, 0.717) is 6.42 Å². The summed E-state index contributed by atoms with van der Waals surface area (Å²) in [5.74, 6) is 0.126. The zero-order valence-electron chi connectivity index (χ0n) is 14.0.